The first-order chi connectivity index (χ1) is 15.2. The van der Waals surface area contributed by atoms with E-state index in [1.54, 1.807) is 7.11 Å². The summed E-state index contributed by atoms with van der Waals surface area (Å²) in [6.45, 7) is 0.934. The molecule has 2 atom stereocenters. The van der Waals surface area contributed by atoms with Gasteiger partial charge in [0.1, 0.15) is 18.1 Å². The summed E-state index contributed by atoms with van der Waals surface area (Å²) in [5, 5.41) is 15.0. The third kappa shape index (κ3) is 5.07. The molecule has 0 radical (unpaired) electrons. The normalized spacial score (nSPS) is 12.7. The van der Waals surface area contributed by atoms with Crippen LogP contribution < -0.4 is 14.8 Å². The van der Waals surface area contributed by atoms with Gasteiger partial charge in [0.15, 0.2) is 0 Å². The van der Waals surface area contributed by atoms with Crippen molar-refractivity contribution in [2.75, 3.05) is 20.7 Å². The molecule has 32 heavy (non-hydrogen) atoms. The zero-order chi connectivity index (χ0) is 21.6. The summed E-state index contributed by atoms with van der Waals surface area (Å²) in [5.41, 5.74) is 3.12. The highest BCUT2D eigenvalue weighted by molar-refractivity contribution is 5.85. The summed E-state index contributed by atoms with van der Waals surface area (Å²) in [7, 11) is 3.52. The molecule has 1 aromatic heterocycles. The Hall–Kier alpha value is -2.99. The number of hydrogen-bond donors (Lipinski definition) is 2. The van der Waals surface area contributed by atoms with E-state index < -0.39 is 6.10 Å². The Balaban J connectivity index is 0.00000289. The summed E-state index contributed by atoms with van der Waals surface area (Å²) in [5.74, 6) is 1.61. The first-order valence-electron chi connectivity index (χ1n) is 10.4. The lowest BCUT2D eigenvalue weighted by atomic mass is 10.0. The van der Waals surface area contributed by atoms with Crippen LogP contribution in [-0.4, -0.2) is 36.5 Å². The maximum absolute atomic E-state index is 10.9. The summed E-state index contributed by atoms with van der Waals surface area (Å²) >= 11 is 0. The Morgan fingerprint density at radius 3 is 2.47 bits per heavy atom. The van der Waals surface area contributed by atoms with E-state index in [0.717, 1.165) is 33.5 Å². The minimum atomic E-state index is -0.565. The van der Waals surface area contributed by atoms with E-state index in [0.29, 0.717) is 13.2 Å². The molecular formula is C26H29ClN2O3. The first-order valence-corrected chi connectivity index (χ1v) is 10.4. The molecule has 0 fully saturated rings. The van der Waals surface area contributed by atoms with Gasteiger partial charge in [-0.3, -0.25) is 0 Å². The molecule has 0 aliphatic heterocycles. The molecular weight excluding hydrogens is 424 g/mol. The SMILES string of the molecule is CNC[C@@H](O)[C@H](c1ccccc1)n1ccc2cc(OCc3ccccc3OC)ccc21.Cl. The van der Waals surface area contributed by atoms with Gasteiger partial charge >= 0.3 is 0 Å². The highest BCUT2D eigenvalue weighted by Crippen LogP contribution is 2.30. The molecule has 4 aromatic rings. The summed E-state index contributed by atoms with van der Waals surface area (Å²) < 4.78 is 13.6. The number of fused-ring (bicyclic) bond motifs is 1. The quantitative estimate of drug-likeness (QED) is 0.382. The number of aromatic nitrogens is 1. The second kappa shape index (κ2) is 11.0. The molecule has 0 amide bonds. The van der Waals surface area contributed by atoms with Crippen LogP contribution in [0.5, 0.6) is 11.5 Å². The van der Waals surface area contributed by atoms with Gasteiger partial charge in [0.25, 0.3) is 0 Å². The van der Waals surface area contributed by atoms with Gasteiger partial charge in [-0.25, -0.2) is 0 Å². The largest absolute Gasteiger partial charge is 0.496 e. The van der Waals surface area contributed by atoms with Gasteiger partial charge in [0, 0.05) is 29.2 Å². The van der Waals surface area contributed by atoms with E-state index in [4.69, 9.17) is 9.47 Å². The number of aliphatic hydroxyl groups is 1. The van der Waals surface area contributed by atoms with Crippen LogP contribution in [0.2, 0.25) is 0 Å². The Kier molecular flexibility index (Phi) is 8.17. The van der Waals surface area contributed by atoms with Crippen LogP contribution in [0.4, 0.5) is 0 Å². The van der Waals surface area contributed by atoms with Crippen molar-refractivity contribution >= 4 is 23.3 Å². The molecule has 2 N–H and O–H groups in total. The van der Waals surface area contributed by atoms with Crippen molar-refractivity contribution in [1.82, 2.24) is 9.88 Å². The predicted molar refractivity (Wildman–Crippen MR) is 131 cm³/mol. The number of methoxy groups -OCH3 is 1. The summed E-state index contributed by atoms with van der Waals surface area (Å²) in [6, 6.07) is 25.9. The molecule has 6 heteroatoms. The topological polar surface area (TPSA) is 55.7 Å². The number of hydrogen-bond acceptors (Lipinski definition) is 4. The number of rotatable bonds is 9. The van der Waals surface area contributed by atoms with Crippen molar-refractivity contribution in [2.24, 2.45) is 0 Å². The zero-order valence-corrected chi connectivity index (χ0v) is 19.1. The molecule has 0 aliphatic rings. The highest BCUT2D eigenvalue weighted by Gasteiger charge is 2.23. The fourth-order valence-corrected chi connectivity index (χ4v) is 4.00. The minimum Gasteiger partial charge on any atom is -0.496 e. The van der Waals surface area contributed by atoms with E-state index in [1.807, 2.05) is 67.8 Å². The van der Waals surface area contributed by atoms with Crippen molar-refractivity contribution in [1.29, 1.82) is 0 Å². The fraction of sp³-hybridized carbons (Fsp3) is 0.231. The number of ether oxygens (including phenoxy) is 2. The van der Waals surface area contributed by atoms with Gasteiger partial charge in [0.2, 0.25) is 0 Å². The van der Waals surface area contributed by atoms with Gasteiger partial charge in [-0.15, -0.1) is 12.4 Å². The molecule has 168 valence electrons. The number of benzene rings is 3. The van der Waals surface area contributed by atoms with Crippen LogP contribution in [-0.2, 0) is 6.61 Å². The van der Waals surface area contributed by atoms with Crippen LogP contribution in [0.1, 0.15) is 17.2 Å². The van der Waals surface area contributed by atoms with Gasteiger partial charge in [-0.2, -0.15) is 0 Å². The van der Waals surface area contributed by atoms with Crippen LogP contribution >= 0.6 is 12.4 Å². The van der Waals surface area contributed by atoms with E-state index in [9.17, 15) is 5.11 Å². The molecule has 0 bridgehead atoms. The number of likely N-dealkylation sites (N-methyl/N-ethyl adjacent to an activating group) is 1. The number of aliphatic hydroxyl groups excluding tert-OH is 1. The maximum atomic E-state index is 10.9. The first kappa shape index (κ1) is 23.7. The molecule has 1 heterocycles. The minimum absolute atomic E-state index is 0. The smallest absolute Gasteiger partial charge is 0.125 e. The van der Waals surface area contributed by atoms with Crippen LogP contribution in [0.15, 0.2) is 85.1 Å². The van der Waals surface area contributed by atoms with Gasteiger partial charge < -0.3 is 24.5 Å². The number of nitrogens with one attached hydrogen (secondary N) is 1. The Morgan fingerprint density at radius 2 is 1.72 bits per heavy atom. The summed E-state index contributed by atoms with van der Waals surface area (Å²) in [6.07, 6.45) is 1.47. The molecule has 5 nitrogen and oxygen atoms in total. The fourth-order valence-electron chi connectivity index (χ4n) is 4.00. The van der Waals surface area contributed by atoms with E-state index in [-0.39, 0.29) is 18.4 Å². The highest BCUT2D eigenvalue weighted by atomic mass is 35.5. The average molecular weight is 453 g/mol. The van der Waals surface area contributed by atoms with E-state index in [2.05, 4.69) is 34.1 Å². The van der Waals surface area contributed by atoms with Crippen molar-refractivity contribution < 1.29 is 14.6 Å². The monoisotopic (exact) mass is 452 g/mol. The van der Waals surface area contributed by atoms with Crippen LogP contribution in [0.3, 0.4) is 0 Å². The van der Waals surface area contributed by atoms with Crippen LogP contribution in [0.25, 0.3) is 10.9 Å². The maximum Gasteiger partial charge on any atom is 0.125 e. The van der Waals surface area contributed by atoms with E-state index in [1.165, 1.54) is 0 Å². The third-order valence-corrected chi connectivity index (χ3v) is 5.50. The Labute approximate surface area is 195 Å². The van der Waals surface area contributed by atoms with Crippen LogP contribution in [0, 0.1) is 0 Å². The standard InChI is InChI=1S/C26H28N2O3.ClH/c1-27-17-24(29)26(19-8-4-3-5-9-19)28-15-14-20-16-22(12-13-23(20)28)31-18-21-10-6-7-11-25(21)30-2;/h3-16,24,26-27,29H,17-18H2,1-2H3;1H/t24-,26+;/m1./s1. The Morgan fingerprint density at radius 1 is 0.969 bits per heavy atom. The zero-order valence-electron chi connectivity index (χ0n) is 18.3. The third-order valence-electron chi connectivity index (χ3n) is 5.50. The molecule has 0 spiro atoms. The predicted octanol–water partition coefficient (Wildman–Crippen LogP) is 4.82. The van der Waals surface area contributed by atoms with Gasteiger partial charge in [0.05, 0.1) is 19.3 Å². The number of halogens is 1. The number of para-hydroxylation sites is 1. The van der Waals surface area contributed by atoms with Crippen molar-refractivity contribution in [2.45, 2.75) is 18.8 Å². The second-order valence-electron chi connectivity index (χ2n) is 7.52. The lowest BCUT2D eigenvalue weighted by Crippen LogP contribution is -2.33. The average Bonchev–Trinajstić information content (AvgIpc) is 3.22. The molecule has 0 aliphatic carbocycles. The Bertz CT molecular complexity index is 1130. The lowest BCUT2D eigenvalue weighted by molar-refractivity contribution is 0.132. The molecule has 4 rings (SSSR count). The van der Waals surface area contributed by atoms with Crippen molar-refractivity contribution in [3.8, 4) is 11.5 Å². The molecule has 0 saturated carbocycles. The lowest BCUT2D eigenvalue weighted by Gasteiger charge is -2.26. The van der Waals surface area contributed by atoms with Gasteiger partial charge in [-0.05, 0) is 42.9 Å². The molecule has 0 unspecified atom stereocenters. The summed E-state index contributed by atoms with van der Waals surface area (Å²) in [4.78, 5) is 0. The van der Waals surface area contributed by atoms with Crippen molar-refractivity contribution in [3.05, 3.63) is 96.2 Å². The van der Waals surface area contributed by atoms with Gasteiger partial charge in [-0.1, -0.05) is 48.5 Å². The second-order valence-corrected chi connectivity index (χ2v) is 7.52. The molecule has 3 aromatic carbocycles. The van der Waals surface area contributed by atoms with E-state index >= 15 is 0 Å². The number of nitrogens with zero attached hydrogens (tertiary/aromatic N) is 1. The van der Waals surface area contributed by atoms with Crippen molar-refractivity contribution in [3.63, 3.8) is 0 Å². The molecule has 0 saturated heterocycles.